The summed E-state index contributed by atoms with van der Waals surface area (Å²) in [6.45, 7) is 11.1. The van der Waals surface area contributed by atoms with Gasteiger partial charge < -0.3 is 9.84 Å². The summed E-state index contributed by atoms with van der Waals surface area (Å²) in [6.07, 6.45) is 14.8. The SMILES string of the molecule is CC(C=CC1=C(C)CCCC1(C)C)=CC=CC(C)=CCOC(=O)C(O)c1ccccc1. The van der Waals surface area contributed by atoms with Crippen LogP contribution in [0.2, 0.25) is 0 Å². The van der Waals surface area contributed by atoms with E-state index in [9.17, 15) is 9.90 Å². The molecule has 1 unspecified atom stereocenters. The van der Waals surface area contributed by atoms with E-state index in [1.807, 2.05) is 31.2 Å². The Labute approximate surface area is 187 Å². The standard InChI is InChI=1S/C28H36O3/c1-21(16-17-25-23(3)13-10-19-28(25,4)5)11-9-12-22(2)18-20-31-27(30)26(29)24-14-7-6-8-15-24/h6-9,11-12,14-18,26,29H,10,13,19-20H2,1-5H3. The second-order valence-electron chi connectivity index (χ2n) is 8.93. The molecule has 0 aromatic heterocycles. The molecule has 1 N–H and O–H groups in total. The van der Waals surface area contributed by atoms with Gasteiger partial charge in [-0.2, -0.15) is 0 Å². The van der Waals surface area contributed by atoms with Crippen molar-refractivity contribution < 1.29 is 14.6 Å². The lowest BCUT2D eigenvalue weighted by Gasteiger charge is -2.32. The fourth-order valence-electron chi connectivity index (χ4n) is 3.81. The molecule has 1 atom stereocenters. The summed E-state index contributed by atoms with van der Waals surface area (Å²) in [5, 5.41) is 10.0. The molecular formula is C28H36O3. The van der Waals surface area contributed by atoms with Gasteiger partial charge in [-0.15, -0.1) is 0 Å². The normalized spacial score (nSPS) is 18.6. The summed E-state index contributed by atoms with van der Waals surface area (Å²) in [5.74, 6) is -0.643. The maximum absolute atomic E-state index is 12.0. The second-order valence-corrected chi connectivity index (χ2v) is 8.93. The minimum Gasteiger partial charge on any atom is -0.459 e. The summed E-state index contributed by atoms with van der Waals surface area (Å²) < 4.78 is 5.16. The van der Waals surface area contributed by atoms with Gasteiger partial charge in [0.2, 0.25) is 0 Å². The molecular weight excluding hydrogens is 384 g/mol. The zero-order chi connectivity index (χ0) is 22.9. The van der Waals surface area contributed by atoms with Gasteiger partial charge in [0.15, 0.2) is 6.10 Å². The first-order valence-electron chi connectivity index (χ1n) is 11.0. The van der Waals surface area contributed by atoms with Crippen molar-refractivity contribution in [2.75, 3.05) is 6.61 Å². The maximum atomic E-state index is 12.0. The Kier molecular flexibility index (Phi) is 9.26. The summed E-state index contributed by atoms with van der Waals surface area (Å²) in [7, 11) is 0. The van der Waals surface area contributed by atoms with E-state index >= 15 is 0 Å². The lowest BCUT2D eigenvalue weighted by Crippen LogP contribution is -2.19. The van der Waals surface area contributed by atoms with Crippen LogP contribution >= 0.6 is 0 Å². The molecule has 0 amide bonds. The van der Waals surface area contributed by atoms with Gasteiger partial charge in [0, 0.05) is 0 Å². The maximum Gasteiger partial charge on any atom is 0.339 e. The van der Waals surface area contributed by atoms with Crippen LogP contribution < -0.4 is 0 Å². The highest BCUT2D eigenvalue weighted by molar-refractivity contribution is 5.76. The van der Waals surface area contributed by atoms with Crippen LogP contribution in [0.15, 0.2) is 89.1 Å². The Bertz CT molecular complexity index is 895. The molecule has 0 radical (unpaired) electrons. The molecule has 0 saturated heterocycles. The Balaban J connectivity index is 1.86. The van der Waals surface area contributed by atoms with Crippen LogP contribution in [-0.4, -0.2) is 17.7 Å². The van der Waals surface area contributed by atoms with Gasteiger partial charge in [-0.3, -0.25) is 0 Å². The predicted molar refractivity (Wildman–Crippen MR) is 128 cm³/mol. The fourth-order valence-corrected chi connectivity index (χ4v) is 3.81. The number of benzene rings is 1. The summed E-state index contributed by atoms with van der Waals surface area (Å²) >= 11 is 0. The van der Waals surface area contributed by atoms with E-state index in [1.54, 1.807) is 24.3 Å². The molecule has 0 spiro atoms. The number of hydrogen-bond donors (Lipinski definition) is 1. The van der Waals surface area contributed by atoms with E-state index in [4.69, 9.17) is 4.74 Å². The molecule has 0 heterocycles. The Morgan fingerprint density at radius 2 is 1.87 bits per heavy atom. The quantitative estimate of drug-likeness (QED) is 0.372. The minimum absolute atomic E-state index is 0.129. The van der Waals surface area contributed by atoms with Crippen LogP contribution in [0, 0.1) is 5.41 Å². The Morgan fingerprint density at radius 3 is 2.55 bits per heavy atom. The average molecular weight is 421 g/mol. The molecule has 1 aliphatic rings. The van der Waals surface area contributed by atoms with E-state index in [-0.39, 0.29) is 12.0 Å². The molecule has 0 bridgehead atoms. The van der Waals surface area contributed by atoms with Crippen molar-refractivity contribution >= 4 is 5.97 Å². The number of esters is 1. The second kappa shape index (κ2) is 11.7. The molecule has 1 aromatic rings. The minimum atomic E-state index is -1.25. The summed E-state index contributed by atoms with van der Waals surface area (Å²) in [5.41, 5.74) is 5.92. The van der Waals surface area contributed by atoms with Crippen molar-refractivity contribution in [1.29, 1.82) is 0 Å². The topological polar surface area (TPSA) is 46.5 Å². The third kappa shape index (κ3) is 7.84. The number of ether oxygens (including phenoxy) is 1. The first kappa shape index (κ1) is 24.6. The number of carbonyl (C=O) groups is 1. The zero-order valence-corrected chi connectivity index (χ0v) is 19.5. The number of allylic oxidation sites excluding steroid dienone is 9. The van der Waals surface area contributed by atoms with Crippen LogP contribution in [0.1, 0.15) is 65.5 Å². The summed E-state index contributed by atoms with van der Waals surface area (Å²) in [6, 6.07) is 8.79. The predicted octanol–water partition coefficient (Wildman–Crippen LogP) is 6.79. The van der Waals surface area contributed by atoms with Crippen molar-refractivity contribution in [2.45, 2.75) is 60.0 Å². The lowest BCUT2D eigenvalue weighted by atomic mass is 9.72. The van der Waals surface area contributed by atoms with E-state index in [1.165, 1.54) is 36.0 Å². The van der Waals surface area contributed by atoms with Crippen molar-refractivity contribution in [3.05, 3.63) is 94.6 Å². The molecule has 166 valence electrons. The molecule has 31 heavy (non-hydrogen) atoms. The van der Waals surface area contributed by atoms with Crippen LogP contribution in [0.4, 0.5) is 0 Å². The largest absolute Gasteiger partial charge is 0.459 e. The first-order valence-corrected chi connectivity index (χ1v) is 11.0. The monoisotopic (exact) mass is 420 g/mol. The molecule has 0 aliphatic heterocycles. The van der Waals surface area contributed by atoms with Gasteiger partial charge >= 0.3 is 5.97 Å². The van der Waals surface area contributed by atoms with Gasteiger partial charge in [0.25, 0.3) is 0 Å². The number of aliphatic hydroxyl groups is 1. The number of aliphatic hydroxyl groups excluding tert-OH is 1. The summed E-state index contributed by atoms with van der Waals surface area (Å²) in [4.78, 5) is 12.0. The molecule has 1 aromatic carbocycles. The van der Waals surface area contributed by atoms with Crippen LogP contribution in [0.3, 0.4) is 0 Å². The zero-order valence-electron chi connectivity index (χ0n) is 19.5. The van der Waals surface area contributed by atoms with Crippen LogP contribution in [0.5, 0.6) is 0 Å². The number of rotatable bonds is 8. The van der Waals surface area contributed by atoms with Crippen molar-refractivity contribution in [3.63, 3.8) is 0 Å². The van der Waals surface area contributed by atoms with E-state index in [2.05, 4.69) is 45.9 Å². The molecule has 2 rings (SSSR count). The molecule has 3 heteroatoms. The lowest BCUT2D eigenvalue weighted by molar-refractivity contribution is -0.152. The van der Waals surface area contributed by atoms with Crippen molar-refractivity contribution in [3.8, 4) is 0 Å². The smallest absolute Gasteiger partial charge is 0.339 e. The van der Waals surface area contributed by atoms with Gasteiger partial charge in [-0.1, -0.05) is 91.3 Å². The van der Waals surface area contributed by atoms with E-state index in [0.717, 1.165) is 5.57 Å². The third-order valence-electron chi connectivity index (χ3n) is 5.74. The molecule has 1 aliphatic carbocycles. The van der Waals surface area contributed by atoms with Crippen molar-refractivity contribution in [2.24, 2.45) is 5.41 Å². The third-order valence-corrected chi connectivity index (χ3v) is 5.74. The highest BCUT2D eigenvalue weighted by atomic mass is 16.5. The van der Waals surface area contributed by atoms with Crippen molar-refractivity contribution in [1.82, 2.24) is 0 Å². The molecule has 0 fully saturated rings. The Hall–Kier alpha value is -2.65. The molecule has 0 saturated carbocycles. The van der Waals surface area contributed by atoms with Gasteiger partial charge in [-0.05, 0) is 62.7 Å². The average Bonchev–Trinajstić information content (AvgIpc) is 2.73. The van der Waals surface area contributed by atoms with Gasteiger partial charge in [-0.25, -0.2) is 4.79 Å². The number of carbonyl (C=O) groups excluding carboxylic acids is 1. The number of hydrogen-bond acceptors (Lipinski definition) is 3. The fraction of sp³-hybridized carbons (Fsp3) is 0.393. The van der Waals surface area contributed by atoms with Gasteiger partial charge in [0.05, 0.1) is 0 Å². The highest BCUT2D eigenvalue weighted by Crippen LogP contribution is 2.40. The van der Waals surface area contributed by atoms with E-state index < -0.39 is 12.1 Å². The van der Waals surface area contributed by atoms with Crippen LogP contribution in [0.25, 0.3) is 0 Å². The van der Waals surface area contributed by atoms with Gasteiger partial charge in [0.1, 0.15) is 6.61 Å². The molecule has 3 nitrogen and oxygen atoms in total. The van der Waals surface area contributed by atoms with E-state index in [0.29, 0.717) is 5.56 Å². The Morgan fingerprint density at radius 1 is 1.16 bits per heavy atom. The van der Waals surface area contributed by atoms with Crippen LogP contribution in [-0.2, 0) is 9.53 Å². The first-order chi connectivity index (χ1) is 14.7. The highest BCUT2D eigenvalue weighted by Gasteiger charge is 2.26.